The third-order valence-corrected chi connectivity index (χ3v) is 8.28. The molecule has 0 N–H and O–H groups in total. The lowest BCUT2D eigenvalue weighted by atomic mass is 9.73. The first-order valence-corrected chi connectivity index (χ1v) is 11.5. The van der Waals surface area contributed by atoms with Crippen LogP contribution in [-0.4, -0.2) is 0 Å². The van der Waals surface area contributed by atoms with E-state index in [0.29, 0.717) is 23.7 Å². The second-order valence-electron chi connectivity index (χ2n) is 9.79. The summed E-state index contributed by atoms with van der Waals surface area (Å²) >= 11 is 0. The maximum Gasteiger partial charge on any atom is -0.00837 e. The van der Waals surface area contributed by atoms with Crippen LogP contribution in [0.5, 0.6) is 0 Å². The molecule has 1 fully saturated rings. The van der Waals surface area contributed by atoms with Crippen LogP contribution in [0.25, 0.3) is 44.5 Å². The summed E-state index contributed by atoms with van der Waals surface area (Å²) in [6.07, 6.45) is 6.51. The molecule has 0 heteroatoms. The van der Waals surface area contributed by atoms with Crippen LogP contribution in [-0.2, 0) is 0 Å². The molecular weight excluding hydrogens is 372 g/mol. The molecule has 0 amide bonds. The number of benzene rings is 5. The summed E-state index contributed by atoms with van der Waals surface area (Å²) in [7, 11) is 0. The van der Waals surface area contributed by atoms with Gasteiger partial charge < -0.3 is 0 Å². The summed E-state index contributed by atoms with van der Waals surface area (Å²) < 4.78 is 0. The predicted octanol–water partition coefficient (Wildman–Crippen LogP) is 6.24. The van der Waals surface area contributed by atoms with Gasteiger partial charge in [0.1, 0.15) is 0 Å². The number of hydrogen-bond acceptors (Lipinski definition) is 0. The largest absolute Gasteiger partial charge is 0.0723 e. The van der Waals surface area contributed by atoms with Crippen LogP contribution in [0.4, 0.5) is 0 Å². The van der Waals surface area contributed by atoms with Crippen molar-refractivity contribution >= 4 is 44.5 Å². The van der Waals surface area contributed by atoms with E-state index >= 15 is 0 Å². The van der Waals surface area contributed by atoms with Crippen LogP contribution in [0.1, 0.15) is 29.4 Å². The van der Waals surface area contributed by atoms with Gasteiger partial charge in [-0.3, -0.25) is 0 Å². The molecule has 0 aromatic heterocycles. The Hall–Kier alpha value is -3.38. The van der Waals surface area contributed by atoms with E-state index < -0.39 is 0 Å². The summed E-state index contributed by atoms with van der Waals surface area (Å²) in [5.41, 5.74) is 3.23. The van der Waals surface area contributed by atoms with Gasteiger partial charge in [0.05, 0.1) is 0 Å². The van der Waals surface area contributed by atoms with Crippen molar-refractivity contribution in [1.29, 1.82) is 0 Å². The minimum Gasteiger partial charge on any atom is -0.0723 e. The van der Waals surface area contributed by atoms with Crippen molar-refractivity contribution < 1.29 is 0 Å². The highest BCUT2D eigenvalue weighted by atomic mass is 14.5. The first-order chi connectivity index (χ1) is 15.3. The van der Waals surface area contributed by atoms with E-state index in [1.807, 2.05) is 0 Å². The van der Waals surface area contributed by atoms with Crippen molar-refractivity contribution in [1.82, 2.24) is 0 Å². The molecule has 0 saturated heterocycles. The Morgan fingerprint density at radius 1 is 0.452 bits per heavy atom. The van der Waals surface area contributed by atoms with Gasteiger partial charge in [0, 0.05) is 0 Å². The van der Waals surface area contributed by atoms with E-state index in [1.54, 1.807) is 11.1 Å². The SMILES string of the molecule is C1=c2cc3ccccc3cc2=CC2C3CC(c4cc5cc6ccccc6cc5cc43)C12. The van der Waals surface area contributed by atoms with Crippen molar-refractivity contribution in [2.45, 2.75) is 18.3 Å². The molecule has 0 aliphatic heterocycles. The molecule has 5 aromatic carbocycles. The van der Waals surface area contributed by atoms with E-state index in [4.69, 9.17) is 0 Å². The fourth-order valence-corrected chi connectivity index (χ4v) is 6.90. The van der Waals surface area contributed by atoms with Gasteiger partial charge in [0.25, 0.3) is 0 Å². The van der Waals surface area contributed by atoms with Gasteiger partial charge >= 0.3 is 0 Å². The Labute approximate surface area is 181 Å². The molecule has 0 nitrogen and oxygen atoms in total. The summed E-state index contributed by atoms with van der Waals surface area (Å²) in [6.45, 7) is 0. The second-order valence-corrected chi connectivity index (χ2v) is 9.79. The average molecular weight is 395 g/mol. The summed E-state index contributed by atoms with van der Waals surface area (Å²) in [6, 6.07) is 32.1. The van der Waals surface area contributed by atoms with Gasteiger partial charge in [-0.2, -0.15) is 0 Å². The molecule has 2 bridgehead atoms. The lowest BCUT2D eigenvalue weighted by molar-refractivity contribution is 0.506. The quantitative estimate of drug-likeness (QED) is 0.273. The molecule has 5 aromatic rings. The van der Waals surface area contributed by atoms with Crippen LogP contribution >= 0.6 is 0 Å². The standard InChI is InChI=1S/C31H22/c1-2-6-19-10-23-14-27-26(13-22(23)9-18(19)5-1)30-17-31(27)29-16-25-12-21-8-4-3-7-20(21)11-24(25)15-28(29)30/h1-16,26-27,30-31H,17H2. The van der Waals surface area contributed by atoms with E-state index in [9.17, 15) is 0 Å². The van der Waals surface area contributed by atoms with Crippen molar-refractivity contribution in [3.63, 3.8) is 0 Å². The third kappa shape index (κ3) is 2.15. The molecular formula is C31H22. The highest BCUT2D eigenvalue weighted by molar-refractivity contribution is 5.99. The molecule has 4 atom stereocenters. The molecule has 1 saturated carbocycles. The van der Waals surface area contributed by atoms with Gasteiger partial charge in [0.2, 0.25) is 0 Å². The van der Waals surface area contributed by atoms with E-state index in [1.165, 1.54) is 49.2 Å². The Morgan fingerprint density at radius 2 is 0.871 bits per heavy atom. The Morgan fingerprint density at radius 3 is 1.32 bits per heavy atom. The summed E-state index contributed by atoms with van der Waals surface area (Å²) in [5, 5.41) is 11.0. The number of hydrogen-bond donors (Lipinski definition) is 0. The Bertz CT molecular complexity index is 1560. The molecule has 4 unspecified atom stereocenters. The van der Waals surface area contributed by atoms with Gasteiger partial charge in [-0.05, 0) is 108 Å². The molecule has 0 spiro atoms. The zero-order chi connectivity index (χ0) is 20.1. The molecule has 3 aliphatic rings. The minimum atomic E-state index is 0.643. The maximum absolute atomic E-state index is 2.60. The summed E-state index contributed by atoms with van der Waals surface area (Å²) in [5.74, 6) is 2.61. The molecule has 3 aliphatic carbocycles. The molecule has 8 rings (SSSR count). The van der Waals surface area contributed by atoms with E-state index in [-0.39, 0.29) is 0 Å². The number of rotatable bonds is 0. The molecule has 31 heavy (non-hydrogen) atoms. The average Bonchev–Trinajstić information content (AvgIpc) is 3.35. The first kappa shape index (κ1) is 16.3. The smallest absolute Gasteiger partial charge is 0.00837 e. The number of fused-ring (bicyclic) bond motifs is 12. The predicted molar refractivity (Wildman–Crippen MR) is 131 cm³/mol. The van der Waals surface area contributed by atoms with Gasteiger partial charge in [0.15, 0.2) is 0 Å². The van der Waals surface area contributed by atoms with Crippen LogP contribution in [0.15, 0.2) is 84.9 Å². The maximum atomic E-state index is 2.60. The molecule has 146 valence electrons. The first-order valence-electron chi connectivity index (χ1n) is 11.5. The van der Waals surface area contributed by atoms with Crippen LogP contribution in [0.3, 0.4) is 0 Å². The fraction of sp³-hybridized carbons (Fsp3) is 0.161. The zero-order valence-corrected chi connectivity index (χ0v) is 17.3. The topological polar surface area (TPSA) is 0 Å². The van der Waals surface area contributed by atoms with Crippen molar-refractivity contribution in [3.8, 4) is 0 Å². The Balaban J connectivity index is 1.33. The summed E-state index contributed by atoms with van der Waals surface area (Å²) in [4.78, 5) is 0. The molecule has 0 radical (unpaired) electrons. The second kappa shape index (κ2) is 5.65. The van der Waals surface area contributed by atoms with Crippen molar-refractivity contribution in [3.05, 3.63) is 106 Å². The van der Waals surface area contributed by atoms with E-state index in [2.05, 4.69) is 97.1 Å². The lowest BCUT2D eigenvalue weighted by Gasteiger charge is -2.31. The monoisotopic (exact) mass is 394 g/mol. The van der Waals surface area contributed by atoms with E-state index in [0.717, 1.165) is 0 Å². The fourth-order valence-electron chi connectivity index (χ4n) is 6.90. The van der Waals surface area contributed by atoms with Crippen LogP contribution in [0, 0.1) is 11.8 Å². The van der Waals surface area contributed by atoms with Crippen LogP contribution in [0.2, 0.25) is 0 Å². The molecule has 0 heterocycles. The Kier molecular flexibility index (Phi) is 2.98. The third-order valence-electron chi connectivity index (χ3n) is 8.28. The minimum absolute atomic E-state index is 0.643. The van der Waals surface area contributed by atoms with Gasteiger partial charge in [-0.1, -0.05) is 72.8 Å². The zero-order valence-electron chi connectivity index (χ0n) is 17.3. The highest BCUT2D eigenvalue weighted by Crippen LogP contribution is 2.61. The van der Waals surface area contributed by atoms with Gasteiger partial charge in [-0.15, -0.1) is 0 Å². The van der Waals surface area contributed by atoms with Gasteiger partial charge in [-0.25, -0.2) is 0 Å². The normalized spacial score (nSPS) is 25.2. The highest BCUT2D eigenvalue weighted by Gasteiger charge is 2.49. The van der Waals surface area contributed by atoms with Crippen LogP contribution < -0.4 is 10.4 Å². The van der Waals surface area contributed by atoms with Crippen molar-refractivity contribution in [2.24, 2.45) is 11.8 Å². The van der Waals surface area contributed by atoms with Crippen molar-refractivity contribution in [2.75, 3.05) is 0 Å². The lowest BCUT2D eigenvalue weighted by Crippen LogP contribution is -2.34.